The first-order valence-electron chi connectivity index (χ1n) is 13.9. The van der Waals surface area contributed by atoms with Crippen molar-refractivity contribution in [2.45, 2.75) is 85.0 Å². The molecule has 9 heteroatoms. The van der Waals surface area contributed by atoms with Gasteiger partial charge in [-0.05, 0) is 89.4 Å². The number of anilines is 1. The van der Waals surface area contributed by atoms with E-state index in [-0.39, 0.29) is 0 Å². The Morgan fingerprint density at radius 1 is 0.881 bits per heavy atom. The molecule has 2 atom stereocenters. The number of hydrogen-bond acceptors (Lipinski definition) is 5. The van der Waals surface area contributed by atoms with E-state index in [1.54, 1.807) is 41.5 Å². The lowest BCUT2D eigenvalue weighted by atomic mass is 9.91. The van der Waals surface area contributed by atoms with Crippen molar-refractivity contribution in [2.75, 3.05) is 5.32 Å². The molecular weight excluding hydrogens is 532 g/mol. The van der Waals surface area contributed by atoms with Gasteiger partial charge < -0.3 is 26.0 Å². The maximum absolute atomic E-state index is 14.3. The van der Waals surface area contributed by atoms with Crippen LogP contribution in [0.5, 0.6) is 0 Å². The van der Waals surface area contributed by atoms with Crippen LogP contribution in [0.15, 0.2) is 60.7 Å². The molecule has 0 radical (unpaired) electrons. The SMILES string of the molecule is Cc1ccc(C)c(C(C(=O)Nc2ccc3ccccc3c2)N(C(=O)C(CC(N)=O)NC(=O)OC(C)(C)C)C(C)(C)C)c1. The molecule has 0 fully saturated rings. The number of fused-ring (bicyclic) bond motifs is 1. The third-order valence-corrected chi connectivity index (χ3v) is 6.61. The highest BCUT2D eigenvalue weighted by molar-refractivity contribution is 6.01. The van der Waals surface area contributed by atoms with Gasteiger partial charge in [-0.15, -0.1) is 0 Å². The molecule has 2 unspecified atom stereocenters. The van der Waals surface area contributed by atoms with E-state index < -0.39 is 53.5 Å². The monoisotopic (exact) mass is 574 g/mol. The van der Waals surface area contributed by atoms with Crippen molar-refractivity contribution in [1.29, 1.82) is 0 Å². The number of nitrogens with one attached hydrogen (secondary N) is 2. The fraction of sp³-hybridized carbons (Fsp3) is 0.394. The third kappa shape index (κ3) is 8.31. The highest BCUT2D eigenvalue weighted by atomic mass is 16.6. The van der Waals surface area contributed by atoms with Crippen molar-refractivity contribution >= 4 is 40.3 Å². The third-order valence-electron chi connectivity index (χ3n) is 6.61. The van der Waals surface area contributed by atoms with Crippen LogP contribution in [0.25, 0.3) is 10.8 Å². The summed E-state index contributed by atoms with van der Waals surface area (Å²) in [6.07, 6.45) is -1.35. The molecule has 0 bridgehead atoms. The van der Waals surface area contributed by atoms with Crippen molar-refractivity contribution in [1.82, 2.24) is 10.2 Å². The summed E-state index contributed by atoms with van der Waals surface area (Å²) in [6.45, 7) is 14.2. The van der Waals surface area contributed by atoms with E-state index in [0.717, 1.165) is 21.9 Å². The number of aryl methyl sites for hydroxylation is 2. The molecule has 4 amide bonds. The average molecular weight is 575 g/mol. The number of ether oxygens (including phenoxy) is 1. The number of carbonyl (C=O) groups is 4. The van der Waals surface area contributed by atoms with Crippen LogP contribution in [-0.2, 0) is 19.1 Å². The standard InChI is InChI=1S/C33H42N4O5/c1-20-13-14-21(2)25(17-20)28(29(39)35-24-16-15-22-11-9-10-12-23(22)18-24)37(32(3,4)5)30(40)26(19-27(34)38)36-31(41)42-33(6,7)8/h9-18,26,28H,19H2,1-8H3,(H2,34,38)(H,35,39)(H,36,41). The minimum atomic E-state index is -1.36. The quantitative estimate of drug-likeness (QED) is 0.326. The number of rotatable bonds is 8. The molecule has 3 aromatic carbocycles. The Kier molecular flexibility index (Phi) is 9.66. The molecule has 42 heavy (non-hydrogen) atoms. The lowest BCUT2D eigenvalue weighted by Gasteiger charge is -2.43. The zero-order valence-electron chi connectivity index (χ0n) is 25.7. The number of alkyl carbamates (subject to hydrolysis) is 1. The Bertz CT molecular complexity index is 1490. The molecule has 0 aliphatic heterocycles. The molecule has 0 aliphatic rings. The molecule has 224 valence electrons. The summed E-state index contributed by atoms with van der Waals surface area (Å²) < 4.78 is 5.35. The topological polar surface area (TPSA) is 131 Å². The van der Waals surface area contributed by atoms with Crippen molar-refractivity contribution < 1.29 is 23.9 Å². The van der Waals surface area contributed by atoms with Gasteiger partial charge in [-0.2, -0.15) is 0 Å². The van der Waals surface area contributed by atoms with Crippen molar-refractivity contribution in [3.8, 4) is 0 Å². The number of nitrogens with two attached hydrogens (primary N) is 1. The Hall–Kier alpha value is -4.40. The molecular formula is C33H42N4O5. The fourth-order valence-electron chi connectivity index (χ4n) is 4.79. The fourth-order valence-corrected chi connectivity index (χ4v) is 4.79. The van der Waals surface area contributed by atoms with Crippen LogP contribution in [-0.4, -0.2) is 45.9 Å². The van der Waals surface area contributed by atoms with Crippen LogP contribution in [0.2, 0.25) is 0 Å². The van der Waals surface area contributed by atoms with E-state index in [2.05, 4.69) is 10.6 Å². The van der Waals surface area contributed by atoms with E-state index >= 15 is 0 Å². The number of amides is 4. The first kappa shape index (κ1) is 32.1. The van der Waals surface area contributed by atoms with Gasteiger partial charge in [0.15, 0.2) is 0 Å². The number of benzene rings is 3. The molecule has 0 aromatic heterocycles. The van der Waals surface area contributed by atoms with Crippen molar-refractivity contribution in [3.05, 3.63) is 77.4 Å². The Morgan fingerprint density at radius 2 is 1.52 bits per heavy atom. The zero-order valence-corrected chi connectivity index (χ0v) is 25.7. The predicted molar refractivity (Wildman–Crippen MR) is 165 cm³/mol. The minimum Gasteiger partial charge on any atom is -0.444 e. The van der Waals surface area contributed by atoms with Crippen molar-refractivity contribution in [3.63, 3.8) is 0 Å². The van der Waals surface area contributed by atoms with Crippen LogP contribution >= 0.6 is 0 Å². The van der Waals surface area contributed by atoms with Crippen LogP contribution in [0.1, 0.15) is 70.7 Å². The van der Waals surface area contributed by atoms with Crippen LogP contribution in [0.3, 0.4) is 0 Å². The summed E-state index contributed by atoms with van der Waals surface area (Å²) in [6, 6.07) is 16.6. The number of nitrogens with zero attached hydrogens (tertiary/aromatic N) is 1. The van der Waals surface area contributed by atoms with Gasteiger partial charge in [-0.25, -0.2) is 4.79 Å². The smallest absolute Gasteiger partial charge is 0.408 e. The maximum atomic E-state index is 14.3. The molecule has 0 saturated heterocycles. The lowest BCUT2D eigenvalue weighted by molar-refractivity contribution is -0.147. The van der Waals surface area contributed by atoms with E-state index in [9.17, 15) is 19.2 Å². The zero-order chi connectivity index (χ0) is 31.4. The molecule has 0 aliphatic carbocycles. The first-order chi connectivity index (χ1) is 19.5. The largest absolute Gasteiger partial charge is 0.444 e. The van der Waals surface area contributed by atoms with Crippen LogP contribution < -0.4 is 16.4 Å². The van der Waals surface area contributed by atoms with Crippen LogP contribution in [0, 0.1) is 13.8 Å². The second-order valence-electron chi connectivity index (χ2n) is 12.6. The summed E-state index contributed by atoms with van der Waals surface area (Å²) >= 11 is 0. The molecule has 0 saturated carbocycles. The summed E-state index contributed by atoms with van der Waals surface area (Å²) in [4.78, 5) is 54.8. The van der Waals surface area contributed by atoms with Gasteiger partial charge in [0.05, 0.1) is 6.42 Å². The van der Waals surface area contributed by atoms with Gasteiger partial charge in [0, 0.05) is 11.2 Å². The van der Waals surface area contributed by atoms with Crippen molar-refractivity contribution in [2.24, 2.45) is 5.73 Å². The van der Waals surface area contributed by atoms with E-state index in [1.165, 1.54) is 4.90 Å². The summed E-state index contributed by atoms with van der Waals surface area (Å²) in [5, 5.41) is 7.49. The lowest BCUT2D eigenvalue weighted by Crippen LogP contribution is -2.58. The first-order valence-corrected chi connectivity index (χ1v) is 13.9. The molecule has 0 heterocycles. The highest BCUT2D eigenvalue weighted by Crippen LogP contribution is 2.34. The average Bonchev–Trinajstić information content (AvgIpc) is 2.85. The molecule has 0 spiro atoms. The second kappa shape index (κ2) is 12.6. The van der Waals surface area contributed by atoms with E-state index in [4.69, 9.17) is 10.5 Å². The highest BCUT2D eigenvalue weighted by Gasteiger charge is 2.43. The van der Waals surface area contributed by atoms with E-state index in [1.807, 2.05) is 74.5 Å². The van der Waals surface area contributed by atoms with Gasteiger partial charge in [0.25, 0.3) is 5.91 Å². The molecule has 3 rings (SSSR count). The molecule has 9 nitrogen and oxygen atoms in total. The Balaban J connectivity index is 2.12. The Labute approximate surface area is 247 Å². The van der Waals surface area contributed by atoms with Gasteiger partial charge in [-0.3, -0.25) is 14.4 Å². The second-order valence-corrected chi connectivity index (χ2v) is 12.6. The van der Waals surface area contributed by atoms with Gasteiger partial charge in [0.2, 0.25) is 11.8 Å². The van der Waals surface area contributed by atoms with Gasteiger partial charge in [-0.1, -0.05) is 54.1 Å². The number of carbonyl (C=O) groups excluding carboxylic acids is 4. The number of hydrogen-bond donors (Lipinski definition) is 3. The van der Waals surface area contributed by atoms with Crippen LogP contribution in [0.4, 0.5) is 10.5 Å². The molecule has 3 aromatic rings. The van der Waals surface area contributed by atoms with Gasteiger partial charge >= 0.3 is 6.09 Å². The van der Waals surface area contributed by atoms with Gasteiger partial charge in [0.1, 0.15) is 17.7 Å². The Morgan fingerprint density at radius 3 is 2.12 bits per heavy atom. The maximum Gasteiger partial charge on any atom is 0.408 e. The summed E-state index contributed by atoms with van der Waals surface area (Å²) in [5.41, 5.74) is 6.62. The number of primary amides is 1. The predicted octanol–water partition coefficient (Wildman–Crippen LogP) is 5.53. The summed E-state index contributed by atoms with van der Waals surface area (Å²) in [5.74, 6) is -1.88. The summed E-state index contributed by atoms with van der Waals surface area (Å²) in [7, 11) is 0. The normalized spacial score (nSPS) is 13.1. The van der Waals surface area contributed by atoms with E-state index in [0.29, 0.717) is 11.3 Å². The minimum absolute atomic E-state index is 0.447. The molecule has 4 N–H and O–H groups in total.